The lowest BCUT2D eigenvalue weighted by Crippen LogP contribution is -2.58. The minimum atomic E-state index is -2.41. The Kier molecular flexibility index (Phi) is 11.4. The summed E-state index contributed by atoms with van der Waals surface area (Å²) in [7, 11) is 0. The number of rotatable bonds is 12. The van der Waals surface area contributed by atoms with Crippen LogP contribution in [0.25, 0.3) is 21.7 Å². The van der Waals surface area contributed by atoms with Gasteiger partial charge in [-0.2, -0.15) is 0 Å². The Hall–Kier alpha value is -5.59. The van der Waals surface area contributed by atoms with Crippen molar-refractivity contribution in [1.29, 1.82) is 0 Å². The molecule has 8 unspecified atom stereocenters. The van der Waals surface area contributed by atoms with Crippen LogP contribution in [-0.2, 0) is 27.4 Å². The highest BCUT2D eigenvalue weighted by molar-refractivity contribution is 5.96. The van der Waals surface area contributed by atoms with Crippen LogP contribution < -0.4 is 20.4 Å². The number of benzene rings is 3. The van der Waals surface area contributed by atoms with Gasteiger partial charge in [-0.25, -0.2) is 9.78 Å². The number of nitrogens with zero attached hydrogens (tertiary/aromatic N) is 2. The van der Waals surface area contributed by atoms with E-state index in [0.29, 0.717) is 76.0 Å². The van der Waals surface area contributed by atoms with Gasteiger partial charge in [-0.3, -0.25) is 14.6 Å². The SMILES string of the molecule is Cc1cc(=O)c2cc3c(c(N4C=C5N=CC=C5C4)c2o1)OC1(CC=CC(C2CNC(=O)C24CCCCC4)C1)C(OOCC(O)(Cc1ccc(O)c2ccc(O)cc12)C(O)C(O)C(O)CO)C3. The van der Waals surface area contributed by atoms with Crippen LogP contribution in [-0.4, -0.2) is 110 Å². The fraction of sp³-hybridized carbons (Fsp3) is 0.460. The molecule has 66 heavy (non-hydrogen) atoms. The molecule has 1 saturated carbocycles. The largest absolute Gasteiger partial charge is 0.508 e. The molecule has 10 rings (SSSR count). The zero-order valence-electron chi connectivity index (χ0n) is 36.6. The number of aliphatic hydroxyl groups excluding tert-OH is 4. The molecule has 2 spiro atoms. The summed E-state index contributed by atoms with van der Waals surface area (Å²) >= 11 is 0. The average molecular weight is 906 g/mol. The van der Waals surface area contributed by atoms with Crippen LogP contribution in [0.15, 0.2) is 92.4 Å². The van der Waals surface area contributed by atoms with Crippen LogP contribution in [0.1, 0.15) is 61.8 Å². The van der Waals surface area contributed by atoms with Gasteiger partial charge in [0.25, 0.3) is 0 Å². The van der Waals surface area contributed by atoms with Gasteiger partial charge < -0.3 is 55.1 Å². The van der Waals surface area contributed by atoms with E-state index in [-0.39, 0.29) is 41.1 Å². The van der Waals surface area contributed by atoms with Crippen LogP contribution in [0.5, 0.6) is 17.2 Å². The van der Waals surface area contributed by atoms with Gasteiger partial charge in [0.05, 0.1) is 29.6 Å². The molecular formula is C50H55N3O13. The molecule has 2 fully saturated rings. The Morgan fingerprint density at radius 3 is 2.64 bits per heavy atom. The molecule has 0 bridgehead atoms. The molecular weight excluding hydrogens is 851 g/mol. The van der Waals surface area contributed by atoms with Crippen molar-refractivity contribution in [2.45, 2.75) is 100 Å². The standard InChI is InChI=1S/C50H55N3O13/c1-27-16-39(57)35-17-31-18-41(66-63-26-49(62,46(60)43(59)40(58)25-54)20-28-7-10-38(56)33-9-8-32(55)19-34(28)33)50(65-44(31)42(45(35)64-27)53-23-30-11-15-51-37(30)24-53)14-5-6-29(21-50)36-22-52-47(61)48(36)12-3-2-4-13-48/h5-11,15-17,19,24,29,36,40-41,43,46,54-56,58-60,62H,2-4,12-14,18,20-23,25-26H2,1H3,(H,52,61). The molecule has 8 atom stereocenters. The van der Waals surface area contributed by atoms with Gasteiger partial charge in [-0.05, 0) is 85.4 Å². The molecule has 1 saturated heterocycles. The molecule has 0 radical (unpaired) electrons. The topological polar surface area (TPSA) is 244 Å². The van der Waals surface area contributed by atoms with E-state index in [0.717, 1.165) is 43.4 Å². The number of amides is 1. The molecule has 5 heterocycles. The number of aliphatic imine (C=N–C) groups is 1. The summed E-state index contributed by atoms with van der Waals surface area (Å²) in [5, 5.41) is 80.4. The maximum Gasteiger partial charge on any atom is 0.226 e. The van der Waals surface area contributed by atoms with Crippen molar-refractivity contribution in [3.8, 4) is 17.2 Å². The van der Waals surface area contributed by atoms with Crippen LogP contribution >= 0.6 is 0 Å². The van der Waals surface area contributed by atoms with Crippen molar-refractivity contribution in [1.82, 2.24) is 5.32 Å². The number of phenols is 2. The summed E-state index contributed by atoms with van der Waals surface area (Å²) in [6.45, 7) is 0.982. The van der Waals surface area contributed by atoms with Crippen molar-refractivity contribution in [3.05, 3.63) is 105 Å². The Morgan fingerprint density at radius 2 is 1.85 bits per heavy atom. The maximum atomic E-state index is 13.7. The molecule has 16 nitrogen and oxygen atoms in total. The second-order valence-corrected chi connectivity index (χ2v) is 19.1. The number of anilines is 1. The summed E-state index contributed by atoms with van der Waals surface area (Å²) < 4.78 is 13.8. The number of hydrogen-bond acceptors (Lipinski definition) is 15. The predicted molar refractivity (Wildman–Crippen MR) is 242 cm³/mol. The third kappa shape index (κ3) is 7.48. The number of nitrogens with one attached hydrogen (secondary N) is 1. The lowest BCUT2D eigenvalue weighted by atomic mass is 9.60. The molecule has 1 amide bonds. The Bertz CT molecular complexity index is 2780. The normalized spacial score (nSPS) is 26.5. The number of ether oxygens (including phenoxy) is 1. The van der Waals surface area contributed by atoms with E-state index in [9.17, 15) is 45.3 Å². The third-order valence-corrected chi connectivity index (χ3v) is 15.0. The zero-order valence-corrected chi connectivity index (χ0v) is 36.6. The molecule has 16 heteroatoms. The highest BCUT2D eigenvalue weighted by Gasteiger charge is 2.57. The fourth-order valence-corrected chi connectivity index (χ4v) is 11.5. The van der Waals surface area contributed by atoms with E-state index in [4.69, 9.17) is 18.9 Å². The van der Waals surface area contributed by atoms with E-state index in [2.05, 4.69) is 22.5 Å². The minimum absolute atomic E-state index is 0.0335. The number of aliphatic hydroxyl groups is 5. The summed E-state index contributed by atoms with van der Waals surface area (Å²) in [4.78, 5) is 46.4. The first kappa shape index (κ1) is 44.3. The van der Waals surface area contributed by atoms with E-state index < -0.39 is 60.7 Å². The highest BCUT2D eigenvalue weighted by Crippen LogP contribution is 2.55. The van der Waals surface area contributed by atoms with Crippen molar-refractivity contribution in [2.75, 3.05) is 31.2 Å². The smallest absolute Gasteiger partial charge is 0.226 e. The van der Waals surface area contributed by atoms with E-state index in [1.54, 1.807) is 19.2 Å². The van der Waals surface area contributed by atoms with Crippen LogP contribution in [0, 0.1) is 24.2 Å². The van der Waals surface area contributed by atoms with Crippen molar-refractivity contribution in [2.24, 2.45) is 22.2 Å². The maximum absolute atomic E-state index is 13.7. The zero-order chi connectivity index (χ0) is 46.1. The molecule has 8 N–H and O–H groups in total. The quantitative estimate of drug-likeness (QED) is 0.0569. The number of fused-ring (bicyclic) bond motifs is 4. The number of allylic oxidation sites excluding steroid dienone is 2. The second kappa shape index (κ2) is 16.9. The number of aryl methyl sites for hydroxylation is 1. The van der Waals surface area contributed by atoms with E-state index in [1.165, 1.54) is 36.4 Å². The Labute approximate surface area is 379 Å². The van der Waals surface area contributed by atoms with Crippen molar-refractivity contribution in [3.63, 3.8) is 0 Å². The summed E-state index contributed by atoms with van der Waals surface area (Å²) in [5.74, 6) is 0.623. The Morgan fingerprint density at radius 1 is 1.03 bits per heavy atom. The third-order valence-electron chi connectivity index (χ3n) is 15.0. The molecule has 1 aromatic heterocycles. The minimum Gasteiger partial charge on any atom is -0.508 e. The lowest BCUT2D eigenvalue weighted by Gasteiger charge is -2.49. The van der Waals surface area contributed by atoms with Crippen molar-refractivity contribution < 1.29 is 59.5 Å². The van der Waals surface area contributed by atoms with E-state index >= 15 is 0 Å². The molecule has 4 aromatic rings. The summed E-state index contributed by atoms with van der Waals surface area (Å²) in [6, 6.07) is 10.4. The highest BCUT2D eigenvalue weighted by atomic mass is 17.2. The van der Waals surface area contributed by atoms with Crippen LogP contribution in [0.4, 0.5) is 5.69 Å². The van der Waals surface area contributed by atoms with E-state index in [1.807, 2.05) is 17.2 Å². The van der Waals surface area contributed by atoms with Gasteiger partial charge in [-0.1, -0.05) is 37.5 Å². The van der Waals surface area contributed by atoms with Crippen LogP contribution in [0.2, 0.25) is 0 Å². The van der Waals surface area contributed by atoms with Gasteiger partial charge >= 0.3 is 0 Å². The molecule has 348 valence electrons. The molecule has 4 aliphatic heterocycles. The monoisotopic (exact) mass is 905 g/mol. The van der Waals surface area contributed by atoms with Gasteiger partial charge in [-0.15, -0.1) is 0 Å². The number of carbonyl (C=O) groups excluding carboxylic acids is 1. The number of phenolic OH excluding ortho intramolecular Hbond substituents is 2. The molecule has 6 aliphatic rings. The number of hydrogen-bond donors (Lipinski definition) is 8. The predicted octanol–water partition coefficient (Wildman–Crippen LogP) is 4.04. The summed E-state index contributed by atoms with van der Waals surface area (Å²) in [5.41, 5.74) is -0.667. The van der Waals surface area contributed by atoms with Gasteiger partial charge in [0, 0.05) is 60.8 Å². The summed E-state index contributed by atoms with van der Waals surface area (Å²) in [6.07, 6.45) is 7.95. The van der Waals surface area contributed by atoms with Crippen LogP contribution in [0.3, 0.4) is 0 Å². The Balaban J connectivity index is 1.04. The molecule has 2 aliphatic carbocycles. The molecule has 3 aromatic carbocycles. The lowest BCUT2D eigenvalue weighted by molar-refractivity contribution is -0.373. The fourth-order valence-electron chi connectivity index (χ4n) is 11.5. The average Bonchev–Trinajstić information content (AvgIpc) is 4.01. The van der Waals surface area contributed by atoms with Gasteiger partial charge in [0.15, 0.2) is 16.8 Å². The first-order valence-electron chi connectivity index (χ1n) is 22.8. The number of carbonyl (C=O) groups is 1. The number of aromatic hydroxyl groups is 2. The first-order valence-corrected chi connectivity index (χ1v) is 22.8. The first-order chi connectivity index (χ1) is 31.7. The van der Waals surface area contributed by atoms with Crippen molar-refractivity contribution >= 4 is 39.6 Å². The van der Waals surface area contributed by atoms with Gasteiger partial charge in [0.2, 0.25) is 5.91 Å². The second-order valence-electron chi connectivity index (χ2n) is 19.1. The van der Waals surface area contributed by atoms with Gasteiger partial charge in [0.1, 0.15) is 65.2 Å².